The average Bonchev–Trinajstić information content (AvgIpc) is 2.76. The van der Waals surface area contributed by atoms with E-state index in [1.807, 2.05) is 27.7 Å². The molecule has 0 spiro atoms. The van der Waals surface area contributed by atoms with Gasteiger partial charge in [-0.3, -0.25) is 4.79 Å². The Labute approximate surface area is 128 Å². The molecule has 0 bridgehead atoms. The van der Waals surface area contributed by atoms with E-state index in [1.165, 1.54) is 16.9 Å². The van der Waals surface area contributed by atoms with Gasteiger partial charge in [0.05, 0.1) is 5.56 Å². The van der Waals surface area contributed by atoms with Crippen LogP contribution in [0.3, 0.4) is 0 Å². The Morgan fingerprint density at radius 3 is 2.62 bits per heavy atom. The van der Waals surface area contributed by atoms with Gasteiger partial charge in [0.25, 0.3) is 0 Å². The maximum atomic E-state index is 11.9. The number of nitriles is 1. The zero-order valence-electron chi connectivity index (χ0n) is 13.0. The van der Waals surface area contributed by atoms with Gasteiger partial charge in [-0.05, 0) is 31.4 Å². The number of anilines is 1. The fourth-order valence-electron chi connectivity index (χ4n) is 2.46. The van der Waals surface area contributed by atoms with Gasteiger partial charge in [-0.1, -0.05) is 32.1 Å². The molecular formula is C16H19N3OS. The number of nitrogens with one attached hydrogen (secondary N) is 1. The van der Waals surface area contributed by atoms with Crippen LogP contribution in [0.5, 0.6) is 0 Å². The molecular weight excluding hydrogens is 282 g/mol. The average molecular weight is 301 g/mol. The third-order valence-electron chi connectivity index (χ3n) is 3.65. The lowest BCUT2D eigenvalue weighted by Gasteiger charge is -2.08. The van der Waals surface area contributed by atoms with E-state index in [9.17, 15) is 10.1 Å². The normalized spacial score (nSPS) is 10.9. The molecule has 0 atom stereocenters. The third-order valence-corrected chi connectivity index (χ3v) is 4.65. The lowest BCUT2D eigenvalue weighted by atomic mass is 10.0. The second kappa shape index (κ2) is 5.82. The molecule has 2 heterocycles. The minimum absolute atomic E-state index is 0.0804. The van der Waals surface area contributed by atoms with Gasteiger partial charge in [0, 0.05) is 17.0 Å². The maximum Gasteiger partial charge on any atom is 0.227 e. The molecule has 0 aliphatic carbocycles. The van der Waals surface area contributed by atoms with Gasteiger partial charge >= 0.3 is 0 Å². The minimum atomic E-state index is -0.122. The Balaban J connectivity index is 2.68. The predicted molar refractivity (Wildman–Crippen MR) is 86.7 cm³/mol. The summed E-state index contributed by atoms with van der Waals surface area (Å²) in [6, 6.07) is 2.23. The molecule has 1 N–H and O–H groups in total. The van der Waals surface area contributed by atoms with Gasteiger partial charge in [0.2, 0.25) is 5.91 Å². The minimum Gasteiger partial charge on any atom is -0.316 e. The molecule has 0 saturated heterocycles. The topological polar surface area (TPSA) is 65.8 Å². The molecule has 0 aliphatic rings. The van der Waals surface area contributed by atoms with E-state index in [1.54, 1.807) is 0 Å². The molecule has 0 unspecified atom stereocenters. The Morgan fingerprint density at radius 2 is 2.10 bits per heavy atom. The van der Waals surface area contributed by atoms with Crippen LogP contribution in [0.2, 0.25) is 0 Å². The van der Waals surface area contributed by atoms with Crippen molar-refractivity contribution in [1.82, 2.24) is 4.98 Å². The van der Waals surface area contributed by atoms with Crippen LogP contribution >= 0.6 is 11.3 Å². The SMILES string of the molecule is CCc1c(C)nc2sc(NC(=O)C(C)C)c(C#N)c2c1C. The fraction of sp³-hybridized carbons (Fsp3) is 0.438. The van der Waals surface area contributed by atoms with Crippen molar-refractivity contribution in [2.45, 2.75) is 41.0 Å². The molecule has 0 aromatic carbocycles. The van der Waals surface area contributed by atoms with Gasteiger partial charge in [-0.15, -0.1) is 0 Å². The largest absolute Gasteiger partial charge is 0.316 e. The zero-order chi connectivity index (χ0) is 15.7. The number of fused-ring (bicyclic) bond motifs is 1. The Morgan fingerprint density at radius 1 is 1.43 bits per heavy atom. The highest BCUT2D eigenvalue weighted by Gasteiger charge is 2.20. The van der Waals surface area contributed by atoms with Crippen molar-refractivity contribution < 1.29 is 4.79 Å². The highest BCUT2D eigenvalue weighted by atomic mass is 32.1. The first kappa shape index (κ1) is 15.5. The van der Waals surface area contributed by atoms with Crippen molar-refractivity contribution in [3.63, 3.8) is 0 Å². The fourth-order valence-corrected chi connectivity index (χ4v) is 3.59. The first-order valence-electron chi connectivity index (χ1n) is 7.04. The summed E-state index contributed by atoms with van der Waals surface area (Å²) in [4.78, 5) is 17.3. The number of carbonyl (C=O) groups excluding carboxylic acids is 1. The van der Waals surface area contributed by atoms with E-state index in [-0.39, 0.29) is 11.8 Å². The molecule has 0 radical (unpaired) electrons. The Bertz CT molecular complexity index is 753. The number of amides is 1. The molecule has 4 nitrogen and oxygen atoms in total. The summed E-state index contributed by atoms with van der Waals surface area (Å²) in [5.41, 5.74) is 3.80. The van der Waals surface area contributed by atoms with Crippen molar-refractivity contribution in [1.29, 1.82) is 5.26 Å². The molecule has 1 amide bonds. The summed E-state index contributed by atoms with van der Waals surface area (Å²) in [7, 11) is 0. The molecule has 0 aliphatic heterocycles. The van der Waals surface area contributed by atoms with Crippen molar-refractivity contribution >= 4 is 32.5 Å². The number of nitrogens with zero attached hydrogens (tertiary/aromatic N) is 2. The number of carbonyl (C=O) groups is 1. The second-order valence-corrected chi connectivity index (χ2v) is 6.40. The molecule has 0 fully saturated rings. The van der Waals surface area contributed by atoms with Crippen LogP contribution in [0.4, 0.5) is 5.00 Å². The molecule has 2 rings (SSSR count). The van der Waals surface area contributed by atoms with E-state index in [2.05, 4.69) is 23.3 Å². The van der Waals surface area contributed by atoms with E-state index in [4.69, 9.17) is 0 Å². The summed E-state index contributed by atoms with van der Waals surface area (Å²) in [6.07, 6.45) is 0.884. The molecule has 2 aromatic heterocycles. The second-order valence-electron chi connectivity index (χ2n) is 5.40. The summed E-state index contributed by atoms with van der Waals surface area (Å²) in [6.45, 7) is 9.76. The van der Waals surface area contributed by atoms with Crippen molar-refractivity contribution in [3.8, 4) is 6.07 Å². The zero-order valence-corrected chi connectivity index (χ0v) is 13.8. The standard InChI is InChI=1S/C16H19N3OS/c1-6-11-9(4)13-12(7-17)15(19-14(20)8(2)3)21-16(13)18-10(11)5/h8H,6H2,1-5H3,(H,19,20). The van der Waals surface area contributed by atoms with E-state index < -0.39 is 0 Å². The van der Waals surface area contributed by atoms with Crippen LogP contribution in [0.15, 0.2) is 0 Å². The van der Waals surface area contributed by atoms with E-state index in [0.29, 0.717) is 10.6 Å². The number of aromatic nitrogens is 1. The van der Waals surface area contributed by atoms with Crippen molar-refractivity contribution in [3.05, 3.63) is 22.4 Å². The molecule has 0 saturated carbocycles. The summed E-state index contributed by atoms with van der Waals surface area (Å²) >= 11 is 1.38. The van der Waals surface area contributed by atoms with Gasteiger partial charge in [0.1, 0.15) is 15.9 Å². The van der Waals surface area contributed by atoms with Crippen LogP contribution < -0.4 is 5.32 Å². The summed E-state index contributed by atoms with van der Waals surface area (Å²) < 4.78 is 0. The van der Waals surface area contributed by atoms with E-state index >= 15 is 0 Å². The summed E-state index contributed by atoms with van der Waals surface area (Å²) in [5.74, 6) is -0.202. The smallest absolute Gasteiger partial charge is 0.227 e. The van der Waals surface area contributed by atoms with Crippen molar-refractivity contribution in [2.24, 2.45) is 5.92 Å². The lowest BCUT2D eigenvalue weighted by molar-refractivity contribution is -0.118. The molecule has 5 heteroatoms. The lowest BCUT2D eigenvalue weighted by Crippen LogP contribution is -2.17. The van der Waals surface area contributed by atoms with Crippen LogP contribution in [0.1, 0.15) is 43.2 Å². The first-order chi connectivity index (χ1) is 9.90. The van der Waals surface area contributed by atoms with Crippen LogP contribution in [0, 0.1) is 31.1 Å². The Kier molecular flexibility index (Phi) is 4.29. The number of pyridine rings is 1. The number of hydrogen-bond acceptors (Lipinski definition) is 4. The van der Waals surface area contributed by atoms with Gasteiger partial charge in [0.15, 0.2) is 0 Å². The number of aryl methyl sites for hydroxylation is 2. The van der Waals surface area contributed by atoms with Crippen LogP contribution in [-0.2, 0) is 11.2 Å². The first-order valence-corrected chi connectivity index (χ1v) is 7.85. The van der Waals surface area contributed by atoms with Crippen molar-refractivity contribution in [2.75, 3.05) is 5.32 Å². The quantitative estimate of drug-likeness (QED) is 0.933. The highest BCUT2D eigenvalue weighted by molar-refractivity contribution is 7.23. The van der Waals surface area contributed by atoms with Crippen LogP contribution in [0.25, 0.3) is 10.2 Å². The summed E-state index contributed by atoms with van der Waals surface area (Å²) in [5, 5.41) is 13.8. The molecule has 21 heavy (non-hydrogen) atoms. The highest BCUT2D eigenvalue weighted by Crippen LogP contribution is 2.38. The molecule has 2 aromatic rings. The number of rotatable bonds is 3. The van der Waals surface area contributed by atoms with Crippen LogP contribution in [-0.4, -0.2) is 10.9 Å². The monoisotopic (exact) mass is 301 g/mol. The third kappa shape index (κ3) is 2.64. The van der Waals surface area contributed by atoms with Gasteiger partial charge in [-0.25, -0.2) is 4.98 Å². The van der Waals surface area contributed by atoms with Gasteiger partial charge in [-0.2, -0.15) is 5.26 Å². The Hall–Kier alpha value is -1.93. The molecule has 110 valence electrons. The number of thiophene rings is 1. The predicted octanol–water partition coefficient (Wildman–Crippen LogP) is 3.94. The maximum absolute atomic E-state index is 11.9. The number of hydrogen-bond donors (Lipinski definition) is 1. The van der Waals surface area contributed by atoms with E-state index in [0.717, 1.165) is 27.9 Å². The van der Waals surface area contributed by atoms with Gasteiger partial charge < -0.3 is 5.32 Å².